The van der Waals surface area contributed by atoms with E-state index in [4.69, 9.17) is 37.9 Å². The van der Waals surface area contributed by atoms with Crippen LogP contribution in [-0.4, -0.2) is 232 Å². The third kappa shape index (κ3) is 9.42. The summed E-state index contributed by atoms with van der Waals surface area (Å²) in [6.07, 6.45) is -28.2. The third-order valence-electron chi connectivity index (χ3n) is 21.8. The van der Waals surface area contributed by atoms with Gasteiger partial charge in [-0.25, -0.2) is 4.79 Å². The number of carbonyl (C=O) groups is 1. The van der Waals surface area contributed by atoms with Crippen LogP contribution in [0.25, 0.3) is 0 Å². The Morgan fingerprint density at radius 1 is 0.584 bits per heavy atom. The lowest BCUT2D eigenvalue weighted by molar-refractivity contribution is -0.396. The monoisotopic (exact) mass is 1100 g/mol. The van der Waals surface area contributed by atoms with Gasteiger partial charge in [0.1, 0.15) is 79.4 Å². The molecule has 0 radical (unpaired) electrons. The minimum atomic E-state index is -2.11. The molecule has 0 aromatic heterocycles. The largest absolute Gasteiger partial charge is 0.479 e. The molecule has 4 saturated heterocycles. The Hall–Kier alpha value is -1.63. The lowest BCUT2D eigenvalue weighted by atomic mass is 9.33. The Kier molecular flexibility index (Phi) is 16.5. The quantitative estimate of drug-likeness (QED) is 0.0829. The lowest BCUT2D eigenvalue weighted by Crippen LogP contribution is -2.69. The second kappa shape index (κ2) is 21.2. The van der Waals surface area contributed by atoms with Crippen LogP contribution in [0.1, 0.15) is 114 Å². The van der Waals surface area contributed by atoms with Gasteiger partial charge in [0.05, 0.1) is 43.7 Å². The first-order valence-electron chi connectivity index (χ1n) is 27.7. The lowest BCUT2D eigenvalue weighted by Gasteiger charge is -2.72. The van der Waals surface area contributed by atoms with Crippen molar-refractivity contribution in [3.8, 4) is 0 Å². The van der Waals surface area contributed by atoms with Gasteiger partial charge in [0.25, 0.3) is 0 Å². The molecular weight excluding hydrogens is 1020 g/mol. The predicted molar refractivity (Wildman–Crippen MR) is 263 cm³/mol. The van der Waals surface area contributed by atoms with Crippen molar-refractivity contribution in [1.82, 2.24) is 0 Å². The zero-order valence-electron chi connectivity index (χ0n) is 45.6. The first kappa shape index (κ1) is 60.0. The van der Waals surface area contributed by atoms with E-state index in [2.05, 4.69) is 33.8 Å². The molecule has 1 unspecified atom stereocenters. The normalized spacial score (nSPS) is 56.7. The molecule has 4 aliphatic heterocycles. The summed E-state index contributed by atoms with van der Waals surface area (Å²) >= 11 is 0. The first-order chi connectivity index (χ1) is 35.9. The smallest absolute Gasteiger partial charge is 0.335 e. The Morgan fingerprint density at radius 3 is 1.71 bits per heavy atom. The molecule has 77 heavy (non-hydrogen) atoms. The van der Waals surface area contributed by atoms with Crippen molar-refractivity contribution in [2.45, 2.75) is 255 Å². The second-order valence-electron chi connectivity index (χ2n) is 26.4. The highest BCUT2D eigenvalue weighted by Gasteiger charge is 2.71. The number of rotatable bonds is 11. The predicted octanol–water partition coefficient (Wildman–Crippen LogP) is -1.47. The highest BCUT2D eigenvalue weighted by atomic mass is 16.8. The number of carboxylic acids is 1. The molecule has 0 amide bonds. The molecule has 14 N–H and O–H groups in total. The van der Waals surface area contributed by atoms with Crippen LogP contribution in [0.5, 0.6) is 0 Å². The van der Waals surface area contributed by atoms with Crippen molar-refractivity contribution in [3.05, 3.63) is 11.6 Å². The van der Waals surface area contributed by atoms with Crippen molar-refractivity contribution in [2.24, 2.45) is 50.2 Å². The molecule has 0 spiro atoms. The summed E-state index contributed by atoms with van der Waals surface area (Å²) in [7, 11) is 0. The second-order valence-corrected chi connectivity index (χ2v) is 26.4. The fourth-order valence-corrected chi connectivity index (χ4v) is 16.6. The standard InChI is InChI=1S/C54H88O23/c1-21-29(57)32(60)37(65)45(70-21)75-40-34(62)31(59)25(19-55)72-47(40)76-41-36(64)35(63)39(44(68)69)74-48(41)73-28-13-14-51(6)26(52(28,7)20-56)12-15-54(9)27(51)11-10-23-24-18-49(3,4)43(42(67)50(24,5)16-17-53(23,54)8)77-46-38(66)33(61)30(58)22(2)71-46/h10,21-22,24-43,45-48,55-67H,11-20H2,1-9H3,(H,68,69)/t21-,22-,24-,25+,26+,27?,28-,29-,30-,31-,32+,33+,34-,35-,36-,37+,38+,39-,40+,41+,42+,43-,45-,46-,47-,48+,50+,51-,52+,53+,54+/m0/s1. The maximum absolute atomic E-state index is 12.6. The van der Waals surface area contributed by atoms with Crippen LogP contribution >= 0.6 is 0 Å². The minimum Gasteiger partial charge on any atom is -0.479 e. The molecule has 4 saturated carbocycles. The number of allylic oxidation sites excluding steroid dienone is 2. The SMILES string of the molecule is C[C@@H]1O[C@@H](O[C@H]2[C@H](O[C@H]3[C@H](O[C@H]4CC[C@]5(C)C6CC=C7[C@@H]8CC(C)(C)[C@@H](O[C@@H]9O[C@@H](C)[C@H](O)[C@@H](O)[C@H]9O)[C@@H](O)[C@]8(C)CC[C@@]7(C)[C@]6(C)CC[C@H]5[C@@]4(C)CO)O[C@H](C(=O)O)[C@@H](O)[C@@H]3O)O[C@H](CO)[C@H](O)[C@@H]2O)[C@H](O)[C@H](O)[C@H]1O. The van der Waals surface area contributed by atoms with Crippen LogP contribution in [0, 0.1) is 50.2 Å². The number of fused-ring (bicyclic) bond motifs is 7. The van der Waals surface area contributed by atoms with Gasteiger partial charge in [-0.3, -0.25) is 0 Å². The van der Waals surface area contributed by atoms with Crippen LogP contribution in [0.15, 0.2) is 11.6 Å². The number of aliphatic hydroxyl groups is 13. The zero-order chi connectivity index (χ0) is 56.6. The van der Waals surface area contributed by atoms with Gasteiger partial charge >= 0.3 is 5.97 Å². The molecule has 23 nitrogen and oxygen atoms in total. The minimum absolute atomic E-state index is 0.0274. The van der Waals surface area contributed by atoms with Gasteiger partial charge in [-0.15, -0.1) is 0 Å². The van der Waals surface area contributed by atoms with Gasteiger partial charge in [-0.05, 0) is 105 Å². The third-order valence-corrected chi connectivity index (χ3v) is 21.8. The van der Waals surface area contributed by atoms with E-state index in [1.807, 2.05) is 20.8 Å². The Bertz CT molecular complexity index is 2150. The molecule has 4 heterocycles. The van der Waals surface area contributed by atoms with Crippen LogP contribution in [0.2, 0.25) is 0 Å². The van der Waals surface area contributed by atoms with Crippen molar-refractivity contribution < 1.29 is 114 Å². The van der Waals surface area contributed by atoms with E-state index in [9.17, 15) is 76.3 Å². The molecule has 8 fully saturated rings. The van der Waals surface area contributed by atoms with Gasteiger partial charge in [0, 0.05) is 10.8 Å². The van der Waals surface area contributed by atoms with E-state index in [1.165, 1.54) is 12.5 Å². The Labute approximate surface area is 449 Å². The summed E-state index contributed by atoms with van der Waals surface area (Å²) in [4.78, 5) is 12.6. The van der Waals surface area contributed by atoms with E-state index in [0.717, 1.165) is 19.3 Å². The van der Waals surface area contributed by atoms with Crippen LogP contribution in [0.3, 0.4) is 0 Å². The summed E-state index contributed by atoms with van der Waals surface area (Å²) < 4.78 is 48.6. The van der Waals surface area contributed by atoms with Crippen molar-refractivity contribution in [3.63, 3.8) is 0 Å². The maximum atomic E-state index is 12.6. The molecule has 5 aliphatic carbocycles. The van der Waals surface area contributed by atoms with Gasteiger partial charge in [-0.2, -0.15) is 0 Å². The number of aliphatic carboxylic acids is 1. The summed E-state index contributed by atoms with van der Waals surface area (Å²) in [5.41, 5.74) is -1.87. The van der Waals surface area contributed by atoms with E-state index in [1.54, 1.807) is 6.92 Å². The molecule has 23 heteroatoms. The fraction of sp³-hybridized carbons (Fsp3) is 0.944. The highest BCUT2D eigenvalue weighted by Crippen LogP contribution is 2.76. The van der Waals surface area contributed by atoms with Crippen LogP contribution in [0.4, 0.5) is 0 Å². The Balaban J connectivity index is 0.969. The van der Waals surface area contributed by atoms with Crippen molar-refractivity contribution in [2.75, 3.05) is 13.2 Å². The molecular formula is C54H88O23. The molecule has 0 aromatic rings. The fourth-order valence-electron chi connectivity index (χ4n) is 16.6. The molecule has 9 aliphatic rings. The zero-order valence-corrected chi connectivity index (χ0v) is 45.6. The number of aliphatic hydroxyl groups excluding tert-OH is 13. The van der Waals surface area contributed by atoms with E-state index in [-0.39, 0.29) is 40.6 Å². The van der Waals surface area contributed by atoms with E-state index in [0.29, 0.717) is 32.1 Å². The van der Waals surface area contributed by atoms with Crippen LogP contribution in [-0.2, 0) is 42.7 Å². The summed E-state index contributed by atoms with van der Waals surface area (Å²) in [6.45, 7) is 16.9. The van der Waals surface area contributed by atoms with Gasteiger partial charge in [-0.1, -0.05) is 60.1 Å². The van der Waals surface area contributed by atoms with E-state index < -0.39 is 170 Å². The summed E-state index contributed by atoms with van der Waals surface area (Å²) in [6, 6.07) is 0. The summed E-state index contributed by atoms with van der Waals surface area (Å²) in [5.74, 6) is -1.72. The number of ether oxygens (including phenoxy) is 8. The average Bonchev–Trinajstić information content (AvgIpc) is 3.44. The van der Waals surface area contributed by atoms with Gasteiger partial charge in [0.2, 0.25) is 0 Å². The molecule has 442 valence electrons. The van der Waals surface area contributed by atoms with Crippen molar-refractivity contribution >= 4 is 5.97 Å². The van der Waals surface area contributed by atoms with E-state index >= 15 is 0 Å². The number of carboxylic acid groups (broad SMARTS) is 1. The highest BCUT2D eigenvalue weighted by molar-refractivity contribution is 5.73. The molecule has 31 atom stereocenters. The average molecular weight is 1110 g/mol. The van der Waals surface area contributed by atoms with Gasteiger partial charge in [0.15, 0.2) is 31.3 Å². The first-order valence-corrected chi connectivity index (χ1v) is 27.7. The molecule has 0 bridgehead atoms. The molecule has 0 aromatic carbocycles. The van der Waals surface area contributed by atoms with Crippen molar-refractivity contribution in [1.29, 1.82) is 0 Å². The Morgan fingerprint density at radius 2 is 1.14 bits per heavy atom. The van der Waals surface area contributed by atoms with Crippen LogP contribution < -0.4 is 0 Å². The summed E-state index contributed by atoms with van der Waals surface area (Å²) in [5, 5.41) is 153. The molecule has 9 rings (SSSR count). The maximum Gasteiger partial charge on any atom is 0.335 e. The van der Waals surface area contributed by atoms with Gasteiger partial charge < -0.3 is 109 Å². The number of hydrogen-bond donors (Lipinski definition) is 14. The topological polar surface area (TPSA) is 374 Å². The number of hydrogen-bond acceptors (Lipinski definition) is 22.